The number of aliphatic hydroxyl groups excluding tert-OH is 3. The molecule has 1 aliphatic carbocycles. The van der Waals surface area contributed by atoms with Gasteiger partial charge in [0.25, 0.3) is 0 Å². The van der Waals surface area contributed by atoms with Gasteiger partial charge in [0.05, 0.1) is 18.6 Å². The average molecular weight is 405 g/mol. The average Bonchev–Trinajstić information content (AvgIpc) is 2.95. The van der Waals surface area contributed by atoms with Crippen molar-refractivity contribution in [3.05, 3.63) is 0 Å². The van der Waals surface area contributed by atoms with Gasteiger partial charge in [0.15, 0.2) is 5.96 Å². The van der Waals surface area contributed by atoms with Crippen molar-refractivity contribution in [3.8, 4) is 0 Å². The maximum Gasteiger partial charge on any atom is 0.407 e. The Bertz CT molecular complexity index is 603. The largest absolute Gasteiger partial charge is 0.481 e. The molecular formula is C15H27N5O8. The van der Waals surface area contributed by atoms with E-state index in [9.17, 15) is 29.7 Å². The topological polar surface area (TPSA) is 227 Å². The molecule has 13 nitrogen and oxygen atoms in total. The van der Waals surface area contributed by atoms with Crippen molar-refractivity contribution < 1.29 is 39.5 Å². The summed E-state index contributed by atoms with van der Waals surface area (Å²) < 4.78 is 5.20. The summed E-state index contributed by atoms with van der Waals surface area (Å²) in [4.78, 5) is 35.1. The van der Waals surface area contributed by atoms with Crippen molar-refractivity contribution in [1.29, 1.82) is 5.41 Å². The van der Waals surface area contributed by atoms with E-state index >= 15 is 0 Å². The second kappa shape index (κ2) is 10.1. The fourth-order valence-corrected chi connectivity index (χ4v) is 3.45. The van der Waals surface area contributed by atoms with Crippen molar-refractivity contribution in [2.45, 2.75) is 43.7 Å². The van der Waals surface area contributed by atoms with Crippen molar-refractivity contribution in [2.24, 2.45) is 17.6 Å². The van der Waals surface area contributed by atoms with Gasteiger partial charge in [-0.05, 0) is 6.42 Å². The fourth-order valence-electron chi connectivity index (χ4n) is 3.45. The highest BCUT2D eigenvalue weighted by Crippen LogP contribution is 2.38. The third-order valence-corrected chi connectivity index (χ3v) is 4.59. The Balaban J connectivity index is 3.42. The number of carboxylic acids is 1. The van der Waals surface area contributed by atoms with Crippen LogP contribution in [0.4, 0.5) is 4.79 Å². The molecule has 0 aliphatic heterocycles. The number of guanidine groups is 1. The Morgan fingerprint density at radius 2 is 1.93 bits per heavy atom. The molecule has 2 amide bonds. The number of carbonyl (C=O) groups excluding carboxylic acids is 2. The van der Waals surface area contributed by atoms with E-state index in [1.54, 1.807) is 0 Å². The Kier molecular flexibility index (Phi) is 8.40. The summed E-state index contributed by atoms with van der Waals surface area (Å²) >= 11 is 0. The van der Waals surface area contributed by atoms with Crippen LogP contribution in [-0.4, -0.2) is 88.4 Å². The molecule has 1 saturated carbocycles. The van der Waals surface area contributed by atoms with Gasteiger partial charge in [-0.3, -0.25) is 15.0 Å². The lowest BCUT2D eigenvalue weighted by Gasteiger charge is -2.37. The number of nitrogens with one attached hydrogen (secondary N) is 4. The normalized spacial score (nSPS) is 27.2. The zero-order valence-electron chi connectivity index (χ0n) is 15.5. The lowest BCUT2D eigenvalue weighted by molar-refractivity contribution is -0.145. The maximum absolute atomic E-state index is 11.8. The molecule has 10 N–H and O–H groups in total. The van der Waals surface area contributed by atoms with Gasteiger partial charge in [-0.25, -0.2) is 4.79 Å². The van der Waals surface area contributed by atoms with Gasteiger partial charge in [-0.1, -0.05) is 0 Å². The number of carbonyl (C=O) groups is 3. The first kappa shape index (κ1) is 23.4. The number of aliphatic carboxylic acids is 1. The third-order valence-electron chi connectivity index (χ3n) is 4.59. The number of amides is 2. The number of nitrogens with two attached hydrogens (primary N) is 1. The monoisotopic (exact) mass is 405 g/mol. The molecule has 0 aromatic rings. The van der Waals surface area contributed by atoms with Gasteiger partial charge in [-0.2, -0.15) is 0 Å². The third kappa shape index (κ3) is 5.68. The van der Waals surface area contributed by atoms with E-state index in [1.807, 2.05) is 0 Å². The Morgan fingerprint density at radius 3 is 2.36 bits per heavy atom. The van der Waals surface area contributed by atoms with Gasteiger partial charge in [-0.15, -0.1) is 0 Å². The number of alkyl carbamates (subject to hydrolysis) is 1. The van der Waals surface area contributed by atoms with E-state index in [0.29, 0.717) is 0 Å². The summed E-state index contributed by atoms with van der Waals surface area (Å²) in [5.74, 6) is -4.76. The van der Waals surface area contributed by atoms with Crippen LogP contribution in [0, 0.1) is 17.2 Å². The van der Waals surface area contributed by atoms with E-state index in [-0.39, 0.29) is 6.42 Å². The van der Waals surface area contributed by atoms with Crippen molar-refractivity contribution >= 4 is 23.9 Å². The summed E-state index contributed by atoms with van der Waals surface area (Å²) in [5, 5.41) is 53.5. The van der Waals surface area contributed by atoms with Crippen LogP contribution in [0.1, 0.15) is 13.3 Å². The minimum atomic E-state index is -1.72. The molecule has 0 radical (unpaired) electrons. The van der Waals surface area contributed by atoms with Crippen LogP contribution in [0.5, 0.6) is 0 Å². The standard InChI is InChI=1S/C15H27N5O8/c1-5(22)19-10(11(24)8(23)4-21)9-7(20-14(16)17)3-6(13(25)26)12(9)28-15(27)18-2/h6-12,21,23-24H,3-4H2,1-2H3,(H,18,27)(H,19,22)(H,25,26)(H4,16,17,20)/t6-,7+,8-,9+,10-,11-,12+/m0/s1. The molecule has 28 heavy (non-hydrogen) atoms. The first-order chi connectivity index (χ1) is 13.0. The molecular weight excluding hydrogens is 378 g/mol. The molecule has 1 aliphatic rings. The molecule has 7 atom stereocenters. The van der Waals surface area contributed by atoms with Gasteiger partial charge < -0.3 is 46.8 Å². The highest BCUT2D eigenvalue weighted by atomic mass is 16.6. The first-order valence-electron chi connectivity index (χ1n) is 8.49. The minimum Gasteiger partial charge on any atom is -0.481 e. The predicted octanol–water partition coefficient (Wildman–Crippen LogP) is -3.50. The summed E-state index contributed by atoms with van der Waals surface area (Å²) in [7, 11) is 1.27. The van der Waals surface area contributed by atoms with Crippen molar-refractivity contribution in [2.75, 3.05) is 13.7 Å². The zero-order chi connectivity index (χ0) is 21.6. The van der Waals surface area contributed by atoms with Gasteiger partial charge in [0.1, 0.15) is 18.3 Å². The van der Waals surface area contributed by atoms with Gasteiger partial charge >= 0.3 is 12.1 Å². The maximum atomic E-state index is 11.8. The molecule has 0 bridgehead atoms. The summed E-state index contributed by atoms with van der Waals surface area (Å²) in [5.41, 5.74) is 5.36. The fraction of sp³-hybridized carbons (Fsp3) is 0.733. The van der Waals surface area contributed by atoms with Crippen LogP contribution in [0.25, 0.3) is 0 Å². The quantitative estimate of drug-likeness (QED) is 0.143. The second-order valence-electron chi connectivity index (χ2n) is 6.51. The highest BCUT2D eigenvalue weighted by molar-refractivity contribution is 5.77. The first-order valence-corrected chi connectivity index (χ1v) is 8.49. The molecule has 0 unspecified atom stereocenters. The van der Waals surface area contributed by atoms with E-state index in [4.69, 9.17) is 21.0 Å². The van der Waals surface area contributed by atoms with Crippen LogP contribution in [0.3, 0.4) is 0 Å². The molecule has 13 heteroatoms. The number of ether oxygens (including phenoxy) is 1. The summed E-state index contributed by atoms with van der Waals surface area (Å²) in [6.45, 7) is 0.300. The van der Waals surface area contributed by atoms with Crippen LogP contribution in [0.2, 0.25) is 0 Å². The lowest BCUT2D eigenvalue weighted by Crippen LogP contribution is -2.60. The van der Waals surface area contributed by atoms with Gasteiger partial charge in [0.2, 0.25) is 5.91 Å². The Morgan fingerprint density at radius 1 is 1.32 bits per heavy atom. The minimum absolute atomic E-state index is 0.140. The predicted molar refractivity (Wildman–Crippen MR) is 94.1 cm³/mol. The SMILES string of the molecule is CNC(=O)O[C@H]1[C@@H]([C@H](NC(C)=O)[C@@H](O)[C@@H](O)CO)[C@H](NC(=N)N)C[C@@H]1C(=O)O. The molecule has 0 aromatic carbocycles. The summed E-state index contributed by atoms with van der Waals surface area (Å²) in [6.07, 6.45) is -5.81. The number of aliphatic hydroxyl groups is 3. The van der Waals surface area contributed by atoms with Crippen LogP contribution >= 0.6 is 0 Å². The Labute approximate surface area is 160 Å². The Hall–Kier alpha value is -2.64. The van der Waals surface area contributed by atoms with Crippen molar-refractivity contribution in [3.63, 3.8) is 0 Å². The molecule has 0 saturated heterocycles. The molecule has 1 rings (SSSR count). The number of rotatable bonds is 8. The van der Waals surface area contributed by atoms with E-state index in [1.165, 1.54) is 7.05 Å². The van der Waals surface area contributed by atoms with E-state index < -0.39 is 72.8 Å². The number of hydrogen-bond acceptors (Lipinski definition) is 8. The molecule has 0 spiro atoms. The van der Waals surface area contributed by atoms with E-state index in [0.717, 1.165) is 6.92 Å². The number of hydrogen-bond donors (Lipinski definition) is 9. The van der Waals surface area contributed by atoms with Crippen molar-refractivity contribution in [1.82, 2.24) is 16.0 Å². The highest BCUT2D eigenvalue weighted by Gasteiger charge is 2.54. The van der Waals surface area contributed by atoms with E-state index in [2.05, 4.69) is 16.0 Å². The summed E-state index contributed by atoms with van der Waals surface area (Å²) in [6, 6.07) is -2.22. The van der Waals surface area contributed by atoms with Crippen LogP contribution in [0.15, 0.2) is 0 Å². The molecule has 160 valence electrons. The molecule has 0 heterocycles. The molecule has 0 aromatic heterocycles. The lowest BCUT2D eigenvalue weighted by atomic mass is 9.85. The molecule has 1 fully saturated rings. The van der Waals surface area contributed by atoms with Gasteiger partial charge in [0, 0.05) is 25.9 Å². The second-order valence-corrected chi connectivity index (χ2v) is 6.51. The van der Waals surface area contributed by atoms with Crippen LogP contribution in [-0.2, 0) is 14.3 Å². The van der Waals surface area contributed by atoms with Crippen LogP contribution < -0.4 is 21.7 Å². The zero-order valence-corrected chi connectivity index (χ0v) is 15.5. The number of carboxylic acid groups (broad SMARTS) is 1. The smallest absolute Gasteiger partial charge is 0.407 e.